The lowest BCUT2D eigenvalue weighted by Crippen LogP contribution is -2.08. The van der Waals surface area contributed by atoms with Crippen LogP contribution in [0.4, 0.5) is 11.8 Å². The average Bonchev–Trinajstić information content (AvgIpc) is 2.37. The summed E-state index contributed by atoms with van der Waals surface area (Å²) in [4.78, 5) is 8.52. The summed E-state index contributed by atoms with van der Waals surface area (Å²) >= 11 is 0. The van der Waals surface area contributed by atoms with Crippen LogP contribution in [0.2, 0.25) is 0 Å². The highest BCUT2D eigenvalue weighted by atomic mass is 16.5. The third-order valence-electron chi connectivity index (χ3n) is 2.27. The maximum Gasteiger partial charge on any atom is 0.224 e. The van der Waals surface area contributed by atoms with Gasteiger partial charge in [-0.15, -0.1) is 0 Å². The van der Waals surface area contributed by atoms with Gasteiger partial charge < -0.3 is 15.4 Å². The number of nitrogens with zero attached hydrogens (tertiary/aromatic N) is 2. The van der Waals surface area contributed by atoms with Crippen molar-refractivity contribution in [2.45, 2.75) is 26.2 Å². The van der Waals surface area contributed by atoms with E-state index in [1.165, 1.54) is 0 Å². The fraction of sp³-hybridized carbons (Fsp3) is 0.667. The topological polar surface area (TPSA) is 59.1 Å². The first kappa shape index (κ1) is 13.7. The molecule has 0 bridgehead atoms. The monoisotopic (exact) mass is 238 g/mol. The van der Waals surface area contributed by atoms with Crippen LogP contribution in [0.3, 0.4) is 0 Å². The number of unbranched alkanes of at least 4 members (excludes halogenated alkanes) is 1. The number of ether oxygens (including phenoxy) is 1. The van der Waals surface area contributed by atoms with Crippen molar-refractivity contribution in [1.29, 1.82) is 0 Å². The summed E-state index contributed by atoms with van der Waals surface area (Å²) in [5.74, 6) is 1.56. The van der Waals surface area contributed by atoms with E-state index in [0.29, 0.717) is 5.95 Å². The van der Waals surface area contributed by atoms with Crippen molar-refractivity contribution in [1.82, 2.24) is 9.97 Å². The SMILES string of the molecule is CCCNc1nccc(NCCCCOC)n1. The van der Waals surface area contributed by atoms with Crippen LogP contribution in [0.15, 0.2) is 12.3 Å². The van der Waals surface area contributed by atoms with E-state index in [9.17, 15) is 0 Å². The van der Waals surface area contributed by atoms with Gasteiger partial charge in [0.05, 0.1) is 0 Å². The molecule has 0 fully saturated rings. The average molecular weight is 238 g/mol. The number of aromatic nitrogens is 2. The van der Waals surface area contributed by atoms with Crippen molar-refractivity contribution in [2.75, 3.05) is 37.4 Å². The van der Waals surface area contributed by atoms with Crippen LogP contribution >= 0.6 is 0 Å². The summed E-state index contributed by atoms with van der Waals surface area (Å²) in [5.41, 5.74) is 0. The molecule has 1 aromatic rings. The Morgan fingerprint density at radius 3 is 2.88 bits per heavy atom. The van der Waals surface area contributed by atoms with Gasteiger partial charge in [-0.1, -0.05) is 6.92 Å². The molecule has 0 saturated heterocycles. The minimum atomic E-state index is 0.689. The largest absolute Gasteiger partial charge is 0.385 e. The first-order valence-electron chi connectivity index (χ1n) is 6.16. The van der Waals surface area contributed by atoms with E-state index in [-0.39, 0.29) is 0 Å². The summed E-state index contributed by atoms with van der Waals surface area (Å²) in [5, 5.41) is 6.44. The van der Waals surface area contributed by atoms with E-state index in [4.69, 9.17) is 4.74 Å². The van der Waals surface area contributed by atoms with E-state index in [1.54, 1.807) is 13.3 Å². The highest BCUT2D eigenvalue weighted by Gasteiger charge is 1.97. The van der Waals surface area contributed by atoms with Crippen LogP contribution in [0.5, 0.6) is 0 Å². The lowest BCUT2D eigenvalue weighted by atomic mass is 10.3. The molecule has 0 spiro atoms. The summed E-state index contributed by atoms with van der Waals surface area (Å²) in [6.45, 7) is 4.74. The van der Waals surface area contributed by atoms with Gasteiger partial charge in [0.2, 0.25) is 5.95 Å². The molecular weight excluding hydrogens is 216 g/mol. The van der Waals surface area contributed by atoms with Gasteiger partial charge in [0.25, 0.3) is 0 Å². The number of nitrogens with one attached hydrogen (secondary N) is 2. The maximum atomic E-state index is 4.99. The van der Waals surface area contributed by atoms with Crippen molar-refractivity contribution >= 4 is 11.8 Å². The van der Waals surface area contributed by atoms with Crippen LogP contribution in [-0.2, 0) is 4.74 Å². The lowest BCUT2D eigenvalue weighted by Gasteiger charge is -2.07. The van der Waals surface area contributed by atoms with E-state index < -0.39 is 0 Å². The van der Waals surface area contributed by atoms with E-state index in [0.717, 1.165) is 44.8 Å². The van der Waals surface area contributed by atoms with E-state index in [2.05, 4.69) is 27.5 Å². The van der Waals surface area contributed by atoms with Crippen molar-refractivity contribution in [3.63, 3.8) is 0 Å². The zero-order chi connectivity index (χ0) is 12.3. The second-order valence-corrected chi connectivity index (χ2v) is 3.82. The Morgan fingerprint density at radius 1 is 1.24 bits per heavy atom. The molecule has 0 aliphatic carbocycles. The molecule has 0 amide bonds. The molecule has 0 aromatic carbocycles. The van der Waals surface area contributed by atoms with Gasteiger partial charge in [0.15, 0.2) is 0 Å². The fourth-order valence-electron chi connectivity index (χ4n) is 1.37. The first-order chi connectivity index (χ1) is 8.36. The Labute approximate surface area is 103 Å². The fourth-order valence-corrected chi connectivity index (χ4v) is 1.37. The summed E-state index contributed by atoms with van der Waals surface area (Å²) in [6, 6.07) is 1.88. The molecule has 1 rings (SSSR count). The second kappa shape index (κ2) is 8.75. The Morgan fingerprint density at radius 2 is 2.12 bits per heavy atom. The number of hydrogen-bond acceptors (Lipinski definition) is 5. The lowest BCUT2D eigenvalue weighted by molar-refractivity contribution is 0.194. The number of rotatable bonds is 9. The Kier molecular flexibility index (Phi) is 7.06. The van der Waals surface area contributed by atoms with Gasteiger partial charge in [-0.2, -0.15) is 4.98 Å². The molecule has 2 N–H and O–H groups in total. The predicted molar refractivity (Wildman–Crippen MR) is 70.4 cm³/mol. The van der Waals surface area contributed by atoms with Crippen molar-refractivity contribution < 1.29 is 4.74 Å². The van der Waals surface area contributed by atoms with Gasteiger partial charge in [-0.3, -0.25) is 0 Å². The quantitative estimate of drug-likeness (QED) is 0.645. The number of hydrogen-bond donors (Lipinski definition) is 2. The normalized spacial score (nSPS) is 10.2. The number of anilines is 2. The molecule has 0 aliphatic rings. The molecule has 0 atom stereocenters. The summed E-state index contributed by atoms with van der Waals surface area (Å²) < 4.78 is 4.99. The number of methoxy groups -OCH3 is 1. The Bertz CT molecular complexity index is 306. The minimum absolute atomic E-state index is 0.689. The van der Waals surface area contributed by atoms with Crippen LogP contribution in [0.25, 0.3) is 0 Å². The molecule has 1 heterocycles. The van der Waals surface area contributed by atoms with Crippen LogP contribution in [0, 0.1) is 0 Å². The zero-order valence-electron chi connectivity index (χ0n) is 10.7. The van der Waals surface area contributed by atoms with Gasteiger partial charge in [0.1, 0.15) is 5.82 Å². The van der Waals surface area contributed by atoms with Gasteiger partial charge >= 0.3 is 0 Å². The smallest absolute Gasteiger partial charge is 0.224 e. The second-order valence-electron chi connectivity index (χ2n) is 3.82. The molecule has 5 heteroatoms. The third-order valence-corrected chi connectivity index (χ3v) is 2.27. The van der Waals surface area contributed by atoms with Crippen molar-refractivity contribution in [2.24, 2.45) is 0 Å². The predicted octanol–water partition coefficient (Wildman–Crippen LogP) is 2.14. The Hall–Kier alpha value is -1.36. The summed E-state index contributed by atoms with van der Waals surface area (Å²) in [7, 11) is 1.73. The molecule has 5 nitrogen and oxygen atoms in total. The third kappa shape index (κ3) is 6.06. The highest BCUT2D eigenvalue weighted by Crippen LogP contribution is 2.05. The van der Waals surface area contributed by atoms with E-state index in [1.807, 2.05) is 6.07 Å². The van der Waals surface area contributed by atoms with Crippen LogP contribution in [-0.4, -0.2) is 36.8 Å². The molecule has 96 valence electrons. The molecule has 0 radical (unpaired) electrons. The van der Waals surface area contributed by atoms with Gasteiger partial charge in [-0.25, -0.2) is 4.98 Å². The Balaban J connectivity index is 2.27. The first-order valence-corrected chi connectivity index (χ1v) is 6.16. The highest BCUT2D eigenvalue weighted by molar-refractivity contribution is 5.39. The standard InChI is InChI=1S/C12H22N4O/c1-3-7-14-12-15-9-6-11(16-12)13-8-4-5-10-17-2/h6,9H,3-5,7-8,10H2,1-2H3,(H2,13,14,15,16). The maximum absolute atomic E-state index is 4.99. The molecule has 1 aromatic heterocycles. The molecular formula is C12H22N4O. The molecule has 0 aliphatic heterocycles. The van der Waals surface area contributed by atoms with E-state index >= 15 is 0 Å². The van der Waals surface area contributed by atoms with Gasteiger partial charge in [0, 0.05) is 33.0 Å². The zero-order valence-corrected chi connectivity index (χ0v) is 10.7. The summed E-state index contributed by atoms with van der Waals surface area (Å²) in [6.07, 6.45) is 4.98. The van der Waals surface area contributed by atoms with Crippen LogP contribution in [0.1, 0.15) is 26.2 Å². The van der Waals surface area contributed by atoms with Gasteiger partial charge in [-0.05, 0) is 25.3 Å². The molecule has 0 saturated carbocycles. The van der Waals surface area contributed by atoms with Crippen molar-refractivity contribution in [3.8, 4) is 0 Å². The minimum Gasteiger partial charge on any atom is -0.385 e. The molecule has 17 heavy (non-hydrogen) atoms. The van der Waals surface area contributed by atoms with Crippen LogP contribution < -0.4 is 10.6 Å². The molecule has 0 unspecified atom stereocenters. The van der Waals surface area contributed by atoms with Crippen molar-refractivity contribution in [3.05, 3.63) is 12.3 Å².